The molecule has 2 aromatic rings. The molecule has 0 saturated carbocycles. The number of piperidine rings is 1. The molecule has 0 aromatic heterocycles. The number of aliphatic hydroxyl groups is 1. The predicted molar refractivity (Wildman–Crippen MR) is 130 cm³/mol. The van der Waals surface area contributed by atoms with Gasteiger partial charge in [-0.3, -0.25) is 9.59 Å². The molecular weight excluding hydrogens is 473 g/mol. The van der Waals surface area contributed by atoms with E-state index < -0.39 is 24.7 Å². The normalized spacial score (nSPS) is 19.8. The number of nitrogens with one attached hydrogen (secondary N) is 2. The van der Waals surface area contributed by atoms with Gasteiger partial charge in [0.15, 0.2) is 0 Å². The first-order valence-electron chi connectivity index (χ1n) is 12.2. The molecule has 3 aliphatic rings. The van der Waals surface area contributed by atoms with Crippen molar-refractivity contribution in [3.05, 3.63) is 64.7 Å². The van der Waals surface area contributed by atoms with Crippen molar-refractivity contribution in [2.24, 2.45) is 0 Å². The first kappa shape index (κ1) is 26.0. The van der Waals surface area contributed by atoms with E-state index in [4.69, 9.17) is 0 Å². The number of hydrogen-bond acceptors (Lipinski definition) is 5. The van der Waals surface area contributed by atoms with Gasteiger partial charge in [-0.05, 0) is 55.1 Å². The summed E-state index contributed by atoms with van der Waals surface area (Å²) in [7, 11) is 0. The first-order valence-corrected chi connectivity index (χ1v) is 12.2. The Morgan fingerprint density at radius 1 is 1.08 bits per heavy atom. The number of β-amino-alcohol motifs (C(OH)–C–C–N with tert-alkyl or cyclic N) is 1. The number of alkyl halides is 3. The summed E-state index contributed by atoms with van der Waals surface area (Å²) in [5, 5.41) is 16.0. The summed E-state index contributed by atoms with van der Waals surface area (Å²) in [5.74, 6) is -0.980. The zero-order chi connectivity index (χ0) is 25.7. The van der Waals surface area contributed by atoms with Crippen LogP contribution in [0.4, 0.5) is 18.9 Å². The van der Waals surface area contributed by atoms with E-state index in [1.807, 2.05) is 0 Å². The molecule has 5 rings (SSSR count). The molecule has 0 bridgehead atoms. The van der Waals surface area contributed by atoms with E-state index in [0.717, 1.165) is 18.0 Å². The number of rotatable bonds is 2. The Kier molecular flexibility index (Phi) is 8.15. The van der Waals surface area contributed by atoms with Gasteiger partial charge < -0.3 is 25.5 Å². The van der Waals surface area contributed by atoms with Crippen LogP contribution in [0.1, 0.15) is 44.7 Å². The van der Waals surface area contributed by atoms with Gasteiger partial charge in [0.25, 0.3) is 11.8 Å². The van der Waals surface area contributed by atoms with E-state index in [2.05, 4.69) is 34.9 Å². The Bertz CT molecular complexity index is 1070. The van der Waals surface area contributed by atoms with Crippen molar-refractivity contribution in [1.29, 1.82) is 0 Å². The molecule has 3 N–H and O–H groups in total. The molecule has 3 aliphatic heterocycles. The van der Waals surface area contributed by atoms with Gasteiger partial charge in [-0.15, -0.1) is 0 Å². The lowest BCUT2D eigenvalue weighted by atomic mass is 10.0. The van der Waals surface area contributed by atoms with Crippen LogP contribution in [0.5, 0.6) is 0 Å². The summed E-state index contributed by atoms with van der Waals surface area (Å²) in [6.45, 7) is 1.76. The number of benzene rings is 2. The molecule has 1 fully saturated rings. The summed E-state index contributed by atoms with van der Waals surface area (Å²) < 4.78 is 37.9. The van der Waals surface area contributed by atoms with Crippen molar-refractivity contribution in [3.8, 4) is 0 Å². The third-order valence-electron chi connectivity index (χ3n) is 6.54. The monoisotopic (exact) mass is 504 g/mol. The SMILES string of the molecule is O=C(c1ccc2c(c1)NCCN(CC(F)(F)F)C2=O)N1CCCC(O)C1.c1ccc2c(c1)CCNC2. The maximum absolute atomic E-state index is 12.6. The summed E-state index contributed by atoms with van der Waals surface area (Å²) in [6, 6.07) is 13.0. The van der Waals surface area contributed by atoms with Crippen LogP contribution in [0.15, 0.2) is 42.5 Å². The van der Waals surface area contributed by atoms with Crippen LogP contribution in [0, 0.1) is 0 Å². The molecule has 2 amide bonds. The average Bonchev–Trinajstić information content (AvgIpc) is 3.01. The van der Waals surface area contributed by atoms with Gasteiger partial charge in [0.2, 0.25) is 0 Å². The molecule has 10 heteroatoms. The van der Waals surface area contributed by atoms with Crippen LogP contribution in [0.25, 0.3) is 0 Å². The number of carbonyl (C=O) groups is 2. The maximum Gasteiger partial charge on any atom is 0.406 e. The second kappa shape index (κ2) is 11.3. The summed E-state index contributed by atoms with van der Waals surface area (Å²) in [5.41, 5.74) is 3.78. The third-order valence-corrected chi connectivity index (χ3v) is 6.54. The zero-order valence-corrected chi connectivity index (χ0v) is 20.0. The van der Waals surface area contributed by atoms with Gasteiger partial charge in [0.1, 0.15) is 6.54 Å². The molecule has 1 unspecified atom stereocenters. The summed E-state index contributed by atoms with van der Waals surface area (Å²) in [4.78, 5) is 27.3. The minimum Gasteiger partial charge on any atom is -0.391 e. The number of carbonyl (C=O) groups excluding carboxylic acids is 2. The summed E-state index contributed by atoms with van der Waals surface area (Å²) in [6.07, 6.45) is -2.47. The predicted octanol–water partition coefficient (Wildman–Crippen LogP) is 3.05. The maximum atomic E-state index is 12.6. The number of nitrogens with zero attached hydrogens (tertiary/aromatic N) is 2. The number of amides is 2. The highest BCUT2D eigenvalue weighted by Crippen LogP contribution is 2.26. The van der Waals surface area contributed by atoms with Crippen molar-refractivity contribution >= 4 is 17.5 Å². The van der Waals surface area contributed by atoms with Crippen molar-refractivity contribution in [2.45, 2.75) is 38.1 Å². The standard InChI is InChI=1S/C17H20F3N3O3.C9H11N/c18-17(19,20)10-23-7-5-21-14-8-11(3-4-13(14)16(23)26)15(25)22-6-1-2-12(24)9-22;1-2-4-9-7-10-6-5-8(9)3-1/h3-4,8,12,21,24H,1-2,5-7,9-10H2;1-4,10H,5-7H2. The molecule has 194 valence electrons. The van der Waals surface area contributed by atoms with E-state index in [1.54, 1.807) is 4.90 Å². The molecule has 0 spiro atoms. The molecular formula is C26H31F3N4O3. The highest BCUT2D eigenvalue weighted by molar-refractivity contribution is 6.03. The number of aliphatic hydroxyl groups excluding tert-OH is 1. The van der Waals surface area contributed by atoms with Crippen LogP contribution in [-0.2, 0) is 13.0 Å². The highest BCUT2D eigenvalue weighted by Gasteiger charge is 2.35. The van der Waals surface area contributed by atoms with Crippen LogP contribution in [0.3, 0.4) is 0 Å². The lowest BCUT2D eigenvalue weighted by Crippen LogP contribution is -2.42. The second-order valence-corrected chi connectivity index (χ2v) is 9.27. The van der Waals surface area contributed by atoms with Crippen molar-refractivity contribution < 1.29 is 27.9 Å². The van der Waals surface area contributed by atoms with Crippen LogP contribution < -0.4 is 10.6 Å². The highest BCUT2D eigenvalue weighted by atomic mass is 19.4. The second-order valence-electron chi connectivity index (χ2n) is 9.27. The van der Waals surface area contributed by atoms with Gasteiger partial charge in [-0.2, -0.15) is 13.2 Å². The Labute approximate surface area is 208 Å². The topological polar surface area (TPSA) is 84.9 Å². The van der Waals surface area contributed by atoms with E-state index in [0.29, 0.717) is 30.6 Å². The van der Waals surface area contributed by atoms with E-state index in [1.165, 1.54) is 35.7 Å². The quantitative estimate of drug-likeness (QED) is 0.586. The lowest BCUT2D eigenvalue weighted by molar-refractivity contribution is -0.140. The minimum absolute atomic E-state index is 0.0748. The molecule has 7 nitrogen and oxygen atoms in total. The minimum atomic E-state index is -4.47. The number of halogens is 3. The molecule has 3 heterocycles. The Balaban J connectivity index is 0.000000251. The number of hydrogen-bond donors (Lipinski definition) is 3. The van der Waals surface area contributed by atoms with Crippen molar-refractivity contribution in [1.82, 2.24) is 15.1 Å². The van der Waals surface area contributed by atoms with Crippen LogP contribution >= 0.6 is 0 Å². The fraction of sp³-hybridized carbons (Fsp3) is 0.462. The Hall–Kier alpha value is -3.11. The first-order chi connectivity index (χ1) is 17.2. The zero-order valence-electron chi connectivity index (χ0n) is 20.0. The van der Waals surface area contributed by atoms with E-state index in [9.17, 15) is 27.9 Å². The van der Waals surface area contributed by atoms with Crippen LogP contribution in [0.2, 0.25) is 0 Å². The van der Waals surface area contributed by atoms with Crippen molar-refractivity contribution in [2.75, 3.05) is 44.6 Å². The molecule has 0 aliphatic carbocycles. The number of likely N-dealkylation sites (tertiary alicyclic amines) is 1. The molecule has 2 aromatic carbocycles. The molecule has 36 heavy (non-hydrogen) atoms. The number of anilines is 1. The Morgan fingerprint density at radius 2 is 1.86 bits per heavy atom. The van der Waals surface area contributed by atoms with Gasteiger partial charge in [0.05, 0.1) is 11.7 Å². The molecule has 1 saturated heterocycles. The lowest BCUT2D eigenvalue weighted by Gasteiger charge is -2.30. The van der Waals surface area contributed by atoms with Crippen molar-refractivity contribution in [3.63, 3.8) is 0 Å². The van der Waals surface area contributed by atoms with Gasteiger partial charge >= 0.3 is 6.18 Å². The summed E-state index contributed by atoms with van der Waals surface area (Å²) >= 11 is 0. The molecule has 1 atom stereocenters. The van der Waals surface area contributed by atoms with Gasteiger partial charge in [0, 0.05) is 44.0 Å². The smallest absolute Gasteiger partial charge is 0.391 e. The molecule has 0 radical (unpaired) electrons. The average molecular weight is 505 g/mol. The number of fused-ring (bicyclic) bond motifs is 2. The van der Waals surface area contributed by atoms with Gasteiger partial charge in [-0.25, -0.2) is 0 Å². The van der Waals surface area contributed by atoms with E-state index >= 15 is 0 Å². The van der Waals surface area contributed by atoms with Gasteiger partial charge in [-0.1, -0.05) is 24.3 Å². The Morgan fingerprint density at radius 3 is 2.58 bits per heavy atom. The third kappa shape index (κ3) is 6.55. The largest absolute Gasteiger partial charge is 0.406 e. The fourth-order valence-electron chi connectivity index (χ4n) is 4.72. The van der Waals surface area contributed by atoms with E-state index in [-0.39, 0.29) is 31.1 Å². The fourth-order valence-corrected chi connectivity index (χ4v) is 4.72. The van der Waals surface area contributed by atoms with Crippen LogP contribution in [-0.4, -0.2) is 78.3 Å².